The van der Waals surface area contributed by atoms with Gasteiger partial charge in [-0.25, -0.2) is 0 Å². The van der Waals surface area contributed by atoms with E-state index in [1.54, 1.807) is 0 Å². The van der Waals surface area contributed by atoms with E-state index in [9.17, 15) is 0 Å². The molecule has 2 unspecified atom stereocenters. The minimum atomic E-state index is 0.303. The predicted octanol–water partition coefficient (Wildman–Crippen LogP) is 3.81. The fraction of sp³-hybridized carbons (Fsp3) is 1.00. The van der Waals surface area contributed by atoms with E-state index in [0.717, 1.165) is 5.25 Å². The van der Waals surface area contributed by atoms with Gasteiger partial charge in [0.2, 0.25) is 0 Å². The maximum atomic E-state index is 6.12. The second-order valence-corrected chi connectivity index (χ2v) is 7.49. The summed E-state index contributed by atoms with van der Waals surface area (Å²) in [6.45, 7) is 9.11. The lowest BCUT2D eigenvalue weighted by molar-refractivity contribution is 0.361. The van der Waals surface area contributed by atoms with E-state index in [4.69, 9.17) is 5.73 Å². The Morgan fingerprint density at radius 2 is 1.67 bits per heavy atom. The molecule has 0 amide bonds. The second kappa shape index (κ2) is 5.58. The molecule has 0 aromatic carbocycles. The minimum absolute atomic E-state index is 0.303. The van der Waals surface area contributed by atoms with E-state index < -0.39 is 0 Å². The van der Waals surface area contributed by atoms with Crippen LogP contribution < -0.4 is 5.73 Å². The topological polar surface area (TPSA) is 26.0 Å². The third kappa shape index (κ3) is 4.36. The molecule has 1 rings (SSSR count). The minimum Gasteiger partial charge on any atom is -0.327 e. The van der Waals surface area contributed by atoms with Crippen molar-refractivity contribution in [1.82, 2.24) is 0 Å². The zero-order chi connectivity index (χ0) is 11.5. The number of hydrogen-bond acceptors (Lipinski definition) is 2. The summed E-state index contributed by atoms with van der Waals surface area (Å²) in [5.41, 5.74) is 6.45. The van der Waals surface area contributed by atoms with Crippen LogP contribution in [0.4, 0.5) is 0 Å². The van der Waals surface area contributed by atoms with Crippen LogP contribution in [0.1, 0.15) is 59.8 Å². The fourth-order valence-corrected chi connectivity index (χ4v) is 4.20. The first-order valence-corrected chi connectivity index (χ1v) is 7.26. The molecule has 0 heterocycles. The van der Waals surface area contributed by atoms with Gasteiger partial charge in [0.1, 0.15) is 0 Å². The van der Waals surface area contributed by atoms with Gasteiger partial charge in [0, 0.05) is 16.5 Å². The van der Waals surface area contributed by atoms with Crippen LogP contribution in [-0.2, 0) is 0 Å². The number of hydrogen-bond donors (Lipinski definition) is 1. The van der Waals surface area contributed by atoms with E-state index in [2.05, 4.69) is 39.5 Å². The highest BCUT2D eigenvalue weighted by molar-refractivity contribution is 8.00. The molecule has 0 spiro atoms. The molecule has 0 saturated heterocycles. The van der Waals surface area contributed by atoms with Gasteiger partial charge in [-0.2, -0.15) is 11.8 Å². The smallest absolute Gasteiger partial charge is 0.0247 e. The zero-order valence-electron chi connectivity index (χ0n) is 10.8. The van der Waals surface area contributed by atoms with E-state index in [1.165, 1.54) is 32.1 Å². The number of nitrogens with two attached hydrogens (primary N) is 1. The predicted molar refractivity (Wildman–Crippen MR) is 71.4 cm³/mol. The van der Waals surface area contributed by atoms with Gasteiger partial charge in [-0.05, 0) is 25.2 Å². The van der Waals surface area contributed by atoms with Gasteiger partial charge < -0.3 is 5.73 Å². The molecule has 1 saturated carbocycles. The largest absolute Gasteiger partial charge is 0.327 e. The molecular weight excluding hydrogens is 202 g/mol. The van der Waals surface area contributed by atoms with Crippen molar-refractivity contribution in [1.29, 1.82) is 0 Å². The normalized spacial score (nSPS) is 23.8. The third-order valence-electron chi connectivity index (χ3n) is 3.22. The van der Waals surface area contributed by atoms with Crippen LogP contribution >= 0.6 is 11.8 Å². The Morgan fingerprint density at radius 3 is 2.07 bits per heavy atom. The quantitative estimate of drug-likeness (QED) is 0.796. The molecule has 2 atom stereocenters. The molecule has 0 bridgehead atoms. The average Bonchev–Trinajstić information content (AvgIpc) is 2.13. The highest BCUT2D eigenvalue weighted by atomic mass is 32.2. The molecule has 1 fully saturated rings. The van der Waals surface area contributed by atoms with E-state index >= 15 is 0 Å². The van der Waals surface area contributed by atoms with Gasteiger partial charge in [0.15, 0.2) is 0 Å². The monoisotopic (exact) mass is 229 g/mol. The Bertz CT molecular complexity index is 177. The molecule has 2 N–H and O–H groups in total. The molecule has 1 nitrogen and oxygen atoms in total. The van der Waals surface area contributed by atoms with Crippen molar-refractivity contribution in [2.45, 2.75) is 76.3 Å². The lowest BCUT2D eigenvalue weighted by Gasteiger charge is -2.36. The molecular formula is C13H27NS. The summed E-state index contributed by atoms with van der Waals surface area (Å²) < 4.78 is 0. The van der Waals surface area contributed by atoms with Crippen LogP contribution in [0.3, 0.4) is 0 Å². The Balaban J connectivity index is 2.50. The van der Waals surface area contributed by atoms with E-state index in [1.807, 2.05) is 0 Å². The number of thioether (sulfide) groups is 1. The van der Waals surface area contributed by atoms with Crippen molar-refractivity contribution >= 4 is 11.8 Å². The number of rotatable bonds is 3. The summed E-state index contributed by atoms with van der Waals surface area (Å²) in [5.74, 6) is 0. The van der Waals surface area contributed by atoms with Gasteiger partial charge in [0.25, 0.3) is 0 Å². The first-order chi connectivity index (χ1) is 6.91. The molecule has 0 aromatic heterocycles. The third-order valence-corrected chi connectivity index (χ3v) is 5.51. The van der Waals surface area contributed by atoms with Crippen LogP contribution in [0, 0.1) is 5.41 Å². The Hall–Kier alpha value is 0.310. The lowest BCUT2D eigenvalue weighted by atomic mass is 9.88. The molecule has 1 aliphatic rings. The molecule has 0 aliphatic heterocycles. The van der Waals surface area contributed by atoms with Crippen molar-refractivity contribution in [2.24, 2.45) is 11.1 Å². The highest BCUT2D eigenvalue weighted by Crippen LogP contribution is 2.39. The summed E-state index contributed by atoms with van der Waals surface area (Å²) in [6.07, 6.45) is 7.10. The van der Waals surface area contributed by atoms with Crippen molar-refractivity contribution in [3.63, 3.8) is 0 Å². The van der Waals surface area contributed by atoms with Crippen molar-refractivity contribution in [3.05, 3.63) is 0 Å². The van der Waals surface area contributed by atoms with Gasteiger partial charge in [-0.3, -0.25) is 0 Å². The van der Waals surface area contributed by atoms with Crippen LogP contribution in [-0.4, -0.2) is 16.5 Å². The summed E-state index contributed by atoms with van der Waals surface area (Å²) in [5, 5.41) is 1.47. The van der Waals surface area contributed by atoms with Crippen molar-refractivity contribution in [2.75, 3.05) is 0 Å². The summed E-state index contributed by atoms with van der Waals surface area (Å²) in [4.78, 5) is 0. The molecule has 90 valence electrons. The first kappa shape index (κ1) is 13.4. The Kier molecular flexibility index (Phi) is 4.98. The second-order valence-electron chi connectivity index (χ2n) is 6.04. The van der Waals surface area contributed by atoms with Gasteiger partial charge in [-0.15, -0.1) is 0 Å². The SMILES string of the molecule is CC(N)C(SC1CCCCC1)C(C)(C)C. The maximum Gasteiger partial charge on any atom is 0.0247 e. The Morgan fingerprint density at radius 1 is 1.13 bits per heavy atom. The van der Waals surface area contributed by atoms with E-state index in [0.29, 0.717) is 16.7 Å². The molecule has 0 aromatic rings. The molecule has 15 heavy (non-hydrogen) atoms. The van der Waals surface area contributed by atoms with Crippen LogP contribution in [0.5, 0.6) is 0 Å². The van der Waals surface area contributed by atoms with Crippen molar-refractivity contribution in [3.8, 4) is 0 Å². The fourth-order valence-electron chi connectivity index (χ4n) is 2.53. The lowest BCUT2D eigenvalue weighted by Crippen LogP contribution is -2.40. The summed E-state index contributed by atoms with van der Waals surface area (Å²) in [7, 11) is 0. The standard InChI is InChI=1S/C13H27NS/c1-10(14)12(13(2,3)4)15-11-8-6-5-7-9-11/h10-12H,5-9,14H2,1-4H3. The van der Waals surface area contributed by atoms with Crippen LogP contribution in [0.15, 0.2) is 0 Å². The van der Waals surface area contributed by atoms with Crippen LogP contribution in [0.2, 0.25) is 0 Å². The Labute approximate surface area is 99.6 Å². The van der Waals surface area contributed by atoms with E-state index in [-0.39, 0.29) is 0 Å². The van der Waals surface area contributed by atoms with Crippen LogP contribution in [0.25, 0.3) is 0 Å². The first-order valence-electron chi connectivity index (χ1n) is 6.32. The average molecular weight is 229 g/mol. The van der Waals surface area contributed by atoms with Crippen molar-refractivity contribution < 1.29 is 0 Å². The van der Waals surface area contributed by atoms with Gasteiger partial charge >= 0.3 is 0 Å². The zero-order valence-corrected chi connectivity index (χ0v) is 11.6. The van der Waals surface area contributed by atoms with Gasteiger partial charge in [0.05, 0.1) is 0 Å². The maximum absolute atomic E-state index is 6.12. The molecule has 2 heteroatoms. The molecule has 1 aliphatic carbocycles. The van der Waals surface area contributed by atoms with Gasteiger partial charge in [-0.1, -0.05) is 40.0 Å². The summed E-state index contributed by atoms with van der Waals surface area (Å²) in [6, 6.07) is 0.303. The molecule has 0 radical (unpaired) electrons. The summed E-state index contributed by atoms with van der Waals surface area (Å²) >= 11 is 2.16. The highest BCUT2D eigenvalue weighted by Gasteiger charge is 2.31.